The Balaban J connectivity index is 1.91. The van der Waals surface area contributed by atoms with E-state index < -0.39 is 22.2 Å². The fourth-order valence-corrected chi connectivity index (χ4v) is 2.37. The van der Waals surface area contributed by atoms with Gasteiger partial charge in [-0.3, -0.25) is 30.4 Å². The standard InChI is InChI=1S/C11H10N4O5S/c16-8(6-1-3-7(4-2-6)15(19)20)5-21-10-9(17)12-11(18)14-13-10/h1-4,10,13H,5H2,(H2,12,14,17,18). The first kappa shape index (κ1) is 14.9. The van der Waals surface area contributed by atoms with Gasteiger partial charge in [-0.2, -0.15) is 0 Å². The number of benzene rings is 1. The Kier molecular flexibility index (Phi) is 4.50. The third-order valence-electron chi connectivity index (χ3n) is 2.57. The molecule has 1 aromatic rings. The van der Waals surface area contributed by atoms with Gasteiger partial charge in [-0.05, 0) is 12.1 Å². The molecule has 1 aromatic carbocycles. The zero-order chi connectivity index (χ0) is 15.4. The van der Waals surface area contributed by atoms with E-state index in [9.17, 15) is 24.5 Å². The molecule has 0 aliphatic carbocycles. The van der Waals surface area contributed by atoms with Gasteiger partial charge in [-0.15, -0.1) is 11.8 Å². The van der Waals surface area contributed by atoms with Gasteiger partial charge in [0.05, 0.1) is 10.7 Å². The molecule has 10 heteroatoms. The van der Waals surface area contributed by atoms with Crippen LogP contribution >= 0.6 is 11.8 Å². The van der Waals surface area contributed by atoms with Gasteiger partial charge in [0.2, 0.25) is 0 Å². The molecule has 0 bridgehead atoms. The summed E-state index contributed by atoms with van der Waals surface area (Å²) in [6, 6.07) is 4.54. The lowest BCUT2D eigenvalue weighted by atomic mass is 10.1. The van der Waals surface area contributed by atoms with Crippen LogP contribution in [0.1, 0.15) is 10.4 Å². The molecule has 0 radical (unpaired) electrons. The molecule has 1 atom stereocenters. The molecule has 2 rings (SSSR count). The number of amides is 3. The maximum absolute atomic E-state index is 11.9. The molecule has 3 N–H and O–H groups in total. The SMILES string of the molecule is O=C1NNC(SCC(=O)c2ccc([N+](=O)[O-])cc2)C(=O)N1. The second-order valence-corrected chi connectivity index (χ2v) is 5.10. The predicted molar refractivity (Wildman–Crippen MR) is 73.5 cm³/mol. The molecule has 9 nitrogen and oxygen atoms in total. The summed E-state index contributed by atoms with van der Waals surface area (Å²) in [4.78, 5) is 44.1. The van der Waals surface area contributed by atoms with Crippen molar-refractivity contribution in [2.24, 2.45) is 0 Å². The van der Waals surface area contributed by atoms with E-state index in [1.165, 1.54) is 24.3 Å². The maximum atomic E-state index is 11.9. The molecule has 0 spiro atoms. The Hall–Kier alpha value is -2.46. The average Bonchev–Trinajstić information content (AvgIpc) is 2.46. The fraction of sp³-hybridized carbons (Fsp3) is 0.182. The number of nitrogens with zero attached hydrogens (tertiary/aromatic N) is 1. The van der Waals surface area contributed by atoms with E-state index >= 15 is 0 Å². The summed E-state index contributed by atoms with van der Waals surface area (Å²) in [5.41, 5.74) is 4.89. The van der Waals surface area contributed by atoms with Gasteiger partial charge in [0, 0.05) is 17.7 Å². The fourth-order valence-electron chi connectivity index (χ4n) is 1.53. The highest BCUT2D eigenvalue weighted by Crippen LogP contribution is 2.16. The van der Waals surface area contributed by atoms with E-state index in [4.69, 9.17) is 0 Å². The van der Waals surface area contributed by atoms with Gasteiger partial charge < -0.3 is 0 Å². The molecular weight excluding hydrogens is 300 g/mol. The Morgan fingerprint density at radius 3 is 2.52 bits per heavy atom. The van der Waals surface area contributed by atoms with E-state index in [2.05, 4.69) is 16.2 Å². The first-order valence-electron chi connectivity index (χ1n) is 5.73. The number of thioether (sulfide) groups is 1. The van der Waals surface area contributed by atoms with Crippen molar-refractivity contribution >= 4 is 35.2 Å². The van der Waals surface area contributed by atoms with Gasteiger partial charge >= 0.3 is 6.03 Å². The molecule has 1 aliphatic rings. The number of carbonyl (C=O) groups excluding carboxylic acids is 3. The quantitative estimate of drug-likeness (QED) is 0.401. The second-order valence-electron chi connectivity index (χ2n) is 4.01. The van der Waals surface area contributed by atoms with E-state index in [0.29, 0.717) is 5.56 Å². The molecular formula is C11H10N4O5S. The number of hydrogen-bond donors (Lipinski definition) is 3. The minimum Gasteiger partial charge on any atom is -0.293 e. The summed E-state index contributed by atoms with van der Waals surface area (Å²) in [5, 5.41) is 11.8. The van der Waals surface area contributed by atoms with Crippen molar-refractivity contribution in [2.75, 3.05) is 5.75 Å². The van der Waals surface area contributed by atoms with Crippen molar-refractivity contribution in [2.45, 2.75) is 5.37 Å². The van der Waals surface area contributed by atoms with Crippen LogP contribution in [0.3, 0.4) is 0 Å². The highest BCUT2D eigenvalue weighted by atomic mass is 32.2. The van der Waals surface area contributed by atoms with Crippen molar-refractivity contribution in [3.63, 3.8) is 0 Å². The maximum Gasteiger partial charge on any atom is 0.335 e. The number of rotatable bonds is 5. The summed E-state index contributed by atoms with van der Waals surface area (Å²) >= 11 is 1.000. The minimum atomic E-state index is -0.773. The van der Waals surface area contributed by atoms with Crippen LogP contribution in [-0.4, -0.2) is 33.8 Å². The van der Waals surface area contributed by atoms with Gasteiger partial charge in [0.1, 0.15) is 0 Å². The first-order chi connectivity index (χ1) is 9.97. The summed E-state index contributed by atoms with van der Waals surface area (Å²) in [7, 11) is 0. The molecule has 1 aliphatic heterocycles. The number of hydrogen-bond acceptors (Lipinski definition) is 7. The Bertz CT molecular complexity index is 603. The summed E-state index contributed by atoms with van der Waals surface area (Å²) < 4.78 is 0. The zero-order valence-electron chi connectivity index (χ0n) is 10.5. The van der Waals surface area contributed by atoms with E-state index in [1.807, 2.05) is 0 Å². The smallest absolute Gasteiger partial charge is 0.293 e. The average molecular weight is 310 g/mol. The summed E-state index contributed by atoms with van der Waals surface area (Å²) in [6.45, 7) is 0. The van der Waals surface area contributed by atoms with E-state index in [1.54, 1.807) is 0 Å². The van der Waals surface area contributed by atoms with Crippen LogP contribution in [0.2, 0.25) is 0 Å². The number of imide groups is 1. The van der Waals surface area contributed by atoms with Crippen LogP contribution < -0.4 is 16.2 Å². The highest BCUT2D eigenvalue weighted by Gasteiger charge is 2.26. The van der Waals surface area contributed by atoms with E-state index in [0.717, 1.165) is 11.8 Å². The van der Waals surface area contributed by atoms with Crippen LogP contribution in [0, 0.1) is 10.1 Å². The van der Waals surface area contributed by atoms with Crippen molar-refractivity contribution in [3.05, 3.63) is 39.9 Å². The summed E-state index contributed by atoms with van der Waals surface area (Å²) in [5.74, 6) is -0.833. The second kappa shape index (κ2) is 6.33. The third-order valence-corrected chi connectivity index (χ3v) is 3.67. The molecule has 0 aromatic heterocycles. The predicted octanol–water partition coefficient (Wildman–Crippen LogP) is 0.181. The topological polar surface area (TPSA) is 130 Å². The molecule has 3 amide bonds. The molecule has 21 heavy (non-hydrogen) atoms. The van der Waals surface area contributed by atoms with Gasteiger partial charge in [0.25, 0.3) is 11.6 Å². The largest absolute Gasteiger partial charge is 0.335 e. The Morgan fingerprint density at radius 1 is 1.29 bits per heavy atom. The van der Waals surface area contributed by atoms with Gasteiger partial charge in [0.15, 0.2) is 11.2 Å². The number of nitro groups is 1. The highest BCUT2D eigenvalue weighted by molar-refractivity contribution is 8.01. The van der Waals surface area contributed by atoms with Gasteiger partial charge in [-0.25, -0.2) is 10.2 Å². The lowest BCUT2D eigenvalue weighted by Crippen LogP contribution is -2.61. The van der Waals surface area contributed by atoms with Crippen LogP contribution in [0.15, 0.2) is 24.3 Å². The van der Waals surface area contributed by atoms with Crippen molar-refractivity contribution in [1.82, 2.24) is 16.2 Å². The van der Waals surface area contributed by atoms with Crippen LogP contribution in [0.5, 0.6) is 0 Å². The summed E-state index contributed by atoms with van der Waals surface area (Å²) in [6.07, 6.45) is 0. The van der Waals surface area contributed by atoms with Crippen LogP contribution in [0.25, 0.3) is 0 Å². The lowest BCUT2D eigenvalue weighted by molar-refractivity contribution is -0.384. The Labute approximate surface area is 122 Å². The number of ketones is 1. The van der Waals surface area contributed by atoms with Crippen molar-refractivity contribution in [1.29, 1.82) is 0 Å². The molecule has 1 fully saturated rings. The zero-order valence-corrected chi connectivity index (χ0v) is 11.3. The number of hydrazine groups is 1. The Morgan fingerprint density at radius 2 is 1.95 bits per heavy atom. The minimum absolute atomic E-state index is 0.0151. The molecule has 1 unspecified atom stereocenters. The van der Waals surface area contributed by atoms with Crippen molar-refractivity contribution < 1.29 is 19.3 Å². The molecule has 0 saturated carbocycles. The lowest BCUT2D eigenvalue weighted by Gasteiger charge is -2.22. The monoisotopic (exact) mass is 310 g/mol. The number of carbonyl (C=O) groups is 3. The van der Waals surface area contributed by atoms with E-state index in [-0.39, 0.29) is 17.2 Å². The molecule has 110 valence electrons. The molecule has 1 saturated heterocycles. The number of nitro benzene ring substituents is 1. The third kappa shape index (κ3) is 3.77. The number of urea groups is 1. The normalized spacial score (nSPS) is 17.8. The van der Waals surface area contributed by atoms with Crippen LogP contribution in [-0.2, 0) is 4.79 Å². The van der Waals surface area contributed by atoms with Gasteiger partial charge in [-0.1, -0.05) is 0 Å². The first-order valence-corrected chi connectivity index (χ1v) is 6.78. The molecule has 1 heterocycles. The van der Waals surface area contributed by atoms with Crippen molar-refractivity contribution in [3.8, 4) is 0 Å². The number of Topliss-reactive ketones (excluding diaryl/α,β-unsaturated/α-hetero) is 1. The number of non-ortho nitro benzene ring substituents is 1. The number of nitrogens with one attached hydrogen (secondary N) is 3. The van der Waals surface area contributed by atoms with Crippen LogP contribution in [0.4, 0.5) is 10.5 Å².